The van der Waals surface area contributed by atoms with Crippen LogP contribution < -0.4 is 11.1 Å². The summed E-state index contributed by atoms with van der Waals surface area (Å²) < 4.78 is 1.02. The van der Waals surface area contributed by atoms with Crippen molar-refractivity contribution in [2.24, 2.45) is 11.7 Å². The number of nitrogens with one attached hydrogen (secondary N) is 1. The molecule has 0 spiro atoms. The maximum absolute atomic E-state index is 11.8. The molecule has 0 aromatic heterocycles. The number of amides is 1. The van der Waals surface area contributed by atoms with Crippen molar-refractivity contribution >= 4 is 34.2 Å². The fourth-order valence-corrected chi connectivity index (χ4v) is 1.93. The molecule has 0 bridgehead atoms. The number of rotatable bonds is 4. The topological polar surface area (TPSA) is 55.1 Å². The van der Waals surface area contributed by atoms with Crippen molar-refractivity contribution in [1.29, 1.82) is 0 Å². The largest absolute Gasteiger partial charge is 0.324 e. The van der Waals surface area contributed by atoms with Crippen LogP contribution in [0.5, 0.6) is 0 Å². The minimum Gasteiger partial charge on any atom is -0.324 e. The molecule has 0 saturated heterocycles. The minimum atomic E-state index is -0.434. The zero-order valence-corrected chi connectivity index (χ0v) is 11.7. The van der Waals surface area contributed by atoms with Crippen molar-refractivity contribution in [3.8, 4) is 0 Å². The van der Waals surface area contributed by atoms with E-state index in [1.165, 1.54) is 0 Å². The first-order valence-electron chi connectivity index (χ1n) is 5.31. The lowest BCUT2D eigenvalue weighted by atomic mass is 10.0. The van der Waals surface area contributed by atoms with Gasteiger partial charge in [0.05, 0.1) is 11.7 Å². The van der Waals surface area contributed by atoms with Gasteiger partial charge < -0.3 is 11.1 Å². The Morgan fingerprint density at radius 2 is 2.06 bits per heavy atom. The van der Waals surface area contributed by atoms with Crippen LogP contribution in [0.1, 0.15) is 20.3 Å². The quantitative estimate of drug-likeness (QED) is 0.833. The molecule has 0 fully saturated rings. The summed E-state index contributed by atoms with van der Waals surface area (Å²) >= 11 is 2.19. The highest BCUT2D eigenvalue weighted by molar-refractivity contribution is 14.1. The standard InChI is InChI=1S/C12H17IN2O/c1-8(2)7-10(14)12(16)15-11-6-4-3-5-9(11)13/h3-6,8,10H,7,14H2,1-2H3,(H,15,16). The predicted octanol–water partition coefficient (Wildman–Crippen LogP) is 2.60. The molecule has 88 valence electrons. The minimum absolute atomic E-state index is 0.113. The Kier molecular flexibility index (Phi) is 5.21. The van der Waals surface area contributed by atoms with Crippen LogP contribution in [0, 0.1) is 9.49 Å². The fourth-order valence-electron chi connectivity index (χ4n) is 1.40. The molecule has 1 amide bonds. The first-order chi connectivity index (χ1) is 7.50. The van der Waals surface area contributed by atoms with Crippen LogP contribution in [0.4, 0.5) is 5.69 Å². The van der Waals surface area contributed by atoms with Gasteiger partial charge in [0, 0.05) is 3.57 Å². The summed E-state index contributed by atoms with van der Waals surface area (Å²) in [4.78, 5) is 11.8. The number of para-hydroxylation sites is 1. The molecule has 0 aliphatic rings. The number of halogens is 1. The number of anilines is 1. The average molecular weight is 332 g/mol. The SMILES string of the molecule is CC(C)CC(N)C(=O)Nc1ccccc1I. The Morgan fingerprint density at radius 1 is 1.44 bits per heavy atom. The average Bonchev–Trinajstić information content (AvgIpc) is 2.20. The van der Waals surface area contributed by atoms with Gasteiger partial charge in [-0.25, -0.2) is 0 Å². The highest BCUT2D eigenvalue weighted by Gasteiger charge is 2.15. The zero-order chi connectivity index (χ0) is 12.1. The molecule has 0 saturated carbocycles. The van der Waals surface area contributed by atoms with E-state index in [0.29, 0.717) is 12.3 Å². The molecule has 1 aromatic rings. The van der Waals surface area contributed by atoms with Crippen LogP contribution in [0.2, 0.25) is 0 Å². The van der Waals surface area contributed by atoms with Gasteiger partial charge in [-0.2, -0.15) is 0 Å². The van der Waals surface area contributed by atoms with E-state index in [4.69, 9.17) is 5.73 Å². The number of nitrogens with two attached hydrogens (primary N) is 1. The van der Waals surface area contributed by atoms with Crippen LogP contribution in [-0.2, 0) is 4.79 Å². The molecule has 3 N–H and O–H groups in total. The lowest BCUT2D eigenvalue weighted by molar-refractivity contribution is -0.117. The van der Waals surface area contributed by atoms with Crippen molar-refractivity contribution < 1.29 is 4.79 Å². The van der Waals surface area contributed by atoms with E-state index in [0.717, 1.165) is 9.26 Å². The number of carbonyl (C=O) groups is 1. The second-order valence-electron chi connectivity index (χ2n) is 4.21. The normalized spacial score (nSPS) is 12.6. The van der Waals surface area contributed by atoms with Crippen molar-refractivity contribution in [2.75, 3.05) is 5.32 Å². The van der Waals surface area contributed by atoms with Gasteiger partial charge >= 0.3 is 0 Å². The summed E-state index contributed by atoms with van der Waals surface area (Å²) in [7, 11) is 0. The van der Waals surface area contributed by atoms with E-state index >= 15 is 0 Å². The first-order valence-corrected chi connectivity index (χ1v) is 6.39. The van der Waals surface area contributed by atoms with Gasteiger partial charge in [0.2, 0.25) is 5.91 Å². The molecular formula is C12H17IN2O. The van der Waals surface area contributed by atoms with Gasteiger partial charge in [-0.05, 0) is 47.1 Å². The van der Waals surface area contributed by atoms with E-state index in [-0.39, 0.29) is 5.91 Å². The monoisotopic (exact) mass is 332 g/mol. The summed E-state index contributed by atoms with van der Waals surface area (Å²) in [6.45, 7) is 4.11. The van der Waals surface area contributed by atoms with E-state index < -0.39 is 6.04 Å². The molecular weight excluding hydrogens is 315 g/mol. The van der Waals surface area contributed by atoms with Crippen molar-refractivity contribution in [1.82, 2.24) is 0 Å². The van der Waals surface area contributed by atoms with E-state index in [9.17, 15) is 4.79 Å². The summed E-state index contributed by atoms with van der Waals surface area (Å²) in [5.41, 5.74) is 6.63. The summed E-state index contributed by atoms with van der Waals surface area (Å²) in [6.07, 6.45) is 0.704. The molecule has 0 aliphatic carbocycles. The molecule has 0 aliphatic heterocycles. The molecule has 3 nitrogen and oxygen atoms in total. The molecule has 1 rings (SSSR count). The van der Waals surface area contributed by atoms with E-state index in [2.05, 4.69) is 41.8 Å². The smallest absolute Gasteiger partial charge is 0.241 e. The summed E-state index contributed by atoms with van der Waals surface area (Å²) in [5.74, 6) is 0.313. The third-order valence-electron chi connectivity index (χ3n) is 2.19. The second-order valence-corrected chi connectivity index (χ2v) is 5.37. The van der Waals surface area contributed by atoms with Crippen molar-refractivity contribution in [3.63, 3.8) is 0 Å². The van der Waals surface area contributed by atoms with Crippen molar-refractivity contribution in [2.45, 2.75) is 26.3 Å². The first kappa shape index (κ1) is 13.4. The number of carbonyl (C=O) groups excluding carboxylic acids is 1. The van der Waals surface area contributed by atoms with Crippen molar-refractivity contribution in [3.05, 3.63) is 27.8 Å². The molecule has 1 atom stereocenters. The predicted molar refractivity (Wildman–Crippen MR) is 75.2 cm³/mol. The Bertz CT molecular complexity index is 366. The van der Waals surface area contributed by atoms with Gasteiger partial charge in [-0.15, -0.1) is 0 Å². The number of hydrogen-bond donors (Lipinski definition) is 2. The summed E-state index contributed by atoms with van der Waals surface area (Å²) in [6, 6.07) is 7.22. The van der Waals surface area contributed by atoms with Crippen LogP contribution >= 0.6 is 22.6 Å². The third-order valence-corrected chi connectivity index (χ3v) is 3.13. The Hall–Kier alpha value is -0.620. The van der Waals surface area contributed by atoms with Gasteiger partial charge in [0.25, 0.3) is 0 Å². The van der Waals surface area contributed by atoms with Crippen LogP contribution in [0.15, 0.2) is 24.3 Å². The fraction of sp³-hybridized carbons (Fsp3) is 0.417. The number of hydrogen-bond acceptors (Lipinski definition) is 2. The second kappa shape index (κ2) is 6.20. The van der Waals surface area contributed by atoms with Gasteiger partial charge in [0.1, 0.15) is 0 Å². The highest BCUT2D eigenvalue weighted by atomic mass is 127. The zero-order valence-electron chi connectivity index (χ0n) is 9.53. The van der Waals surface area contributed by atoms with Crippen LogP contribution in [0.25, 0.3) is 0 Å². The van der Waals surface area contributed by atoms with Gasteiger partial charge in [0.15, 0.2) is 0 Å². The molecule has 16 heavy (non-hydrogen) atoms. The van der Waals surface area contributed by atoms with E-state index in [1.807, 2.05) is 24.3 Å². The maximum atomic E-state index is 11.8. The molecule has 1 unspecified atom stereocenters. The lowest BCUT2D eigenvalue weighted by Gasteiger charge is -2.14. The Labute approximate surface area is 110 Å². The van der Waals surface area contributed by atoms with Gasteiger partial charge in [-0.1, -0.05) is 26.0 Å². The van der Waals surface area contributed by atoms with E-state index in [1.54, 1.807) is 0 Å². The third kappa shape index (κ3) is 4.09. The molecule has 0 radical (unpaired) electrons. The molecule has 0 heterocycles. The summed E-state index contributed by atoms with van der Waals surface area (Å²) in [5, 5.41) is 2.84. The highest BCUT2D eigenvalue weighted by Crippen LogP contribution is 2.17. The number of benzene rings is 1. The van der Waals surface area contributed by atoms with Crippen LogP contribution in [-0.4, -0.2) is 11.9 Å². The van der Waals surface area contributed by atoms with Gasteiger partial charge in [-0.3, -0.25) is 4.79 Å². The molecule has 1 aromatic carbocycles. The van der Waals surface area contributed by atoms with Crippen LogP contribution in [0.3, 0.4) is 0 Å². The Balaban J connectivity index is 2.61. The maximum Gasteiger partial charge on any atom is 0.241 e. The Morgan fingerprint density at radius 3 is 2.62 bits per heavy atom. The lowest BCUT2D eigenvalue weighted by Crippen LogP contribution is -2.36. The molecule has 4 heteroatoms.